The molecule has 7 heteroatoms. The number of likely N-dealkylation sites (tertiary alicyclic amines) is 1. The molecule has 1 aromatic heterocycles. The molecule has 1 aromatic rings. The molecule has 2 heterocycles. The molecule has 0 radical (unpaired) electrons. The third-order valence-corrected chi connectivity index (χ3v) is 3.72. The molecule has 1 saturated heterocycles. The number of imidazole rings is 1. The Morgan fingerprint density at radius 2 is 1.64 bits per heavy atom. The maximum atomic E-state index is 12.6. The Hall–Kier alpha value is -2.05. The highest BCUT2D eigenvalue weighted by atomic mass is 16.6. The molecule has 1 aliphatic heterocycles. The monoisotopic (exact) mass is 351 g/mol. The van der Waals surface area contributed by atoms with Crippen LogP contribution in [-0.4, -0.2) is 44.4 Å². The number of amides is 1. The van der Waals surface area contributed by atoms with E-state index in [9.17, 15) is 9.59 Å². The van der Waals surface area contributed by atoms with Gasteiger partial charge in [0.05, 0.1) is 6.04 Å². The summed E-state index contributed by atoms with van der Waals surface area (Å²) >= 11 is 0. The number of hydrogen-bond acceptors (Lipinski definition) is 5. The van der Waals surface area contributed by atoms with Gasteiger partial charge in [-0.3, -0.25) is 4.90 Å². The van der Waals surface area contributed by atoms with Crippen LogP contribution in [-0.2, 0) is 9.47 Å². The molecule has 0 N–H and O–H groups in total. The summed E-state index contributed by atoms with van der Waals surface area (Å²) in [6, 6.07) is -0.295. The number of rotatable bonds is 1. The molecular weight excluding hydrogens is 322 g/mol. The van der Waals surface area contributed by atoms with Gasteiger partial charge in [0.2, 0.25) is 0 Å². The molecule has 1 aliphatic rings. The lowest BCUT2D eigenvalue weighted by Crippen LogP contribution is -2.38. The highest BCUT2D eigenvalue weighted by Gasteiger charge is 2.37. The molecule has 7 nitrogen and oxygen atoms in total. The van der Waals surface area contributed by atoms with Crippen molar-refractivity contribution >= 4 is 12.2 Å². The number of hydrogen-bond donors (Lipinski definition) is 0. The van der Waals surface area contributed by atoms with E-state index < -0.39 is 17.3 Å². The third kappa shape index (κ3) is 4.74. The maximum Gasteiger partial charge on any atom is 0.420 e. The summed E-state index contributed by atoms with van der Waals surface area (Å²) < 4.78 is 12.4. The van der Waals surface area contributed by atoms with Crippen molar-refractivity contribution in [2.75, 3.05) is 6.54 Å². The van der Waals surface area contributed by atoms with Crippen LogP contribution in [0.3, 0.4) is 0 Å². The van der Waals surface area contributed by atoms with Crippen LogP contribution in [0.4, 0.5) is 9.59 Å². The van der Waals surface area contributed by atoms with Crippen molar-refractivity contribution in [3.63, 3.8) is 0 Å². The molecule has 1 amide bonds. The molecule has 0 aliphatic carbocycles. The van der Waals surface area contributed by atoms with E-state index in [1.165, 1.54) is 4.57 Å². The zero-order valence-corrected chi connectivity index (χ0v) is 16.3. The Kier molecular flexibility index (Phi) is 5.16. The summed E-state index contributed by atoms with van der Waals surface area (Å²) in [5, 5.41) is 0. The zero-order valence-electron chi connectivity index (χ0n) is 16.3. The lowest BCUT2D eigenvalue weighted by atomic mass is 10.2. The minimum absolute atomic E-state index is 0.295. The van der Waals surface area contributed by atoms with E-state index in [-0.39, 0.29) is 12.1 Å². The van der Waals surface area contributed by atoms with Crippen LogP contribution in [0, 0.1) is 6.92 Å². The van der Waals surface area contributed by atoms with E-state index >= 15 is 0 Å². The molecule has 0 aromatic carbocycles. The molecule has 2 rings (SSSR count). The molecule has 25 heavy (non-hydrogen) atoms. The maximum absolute atomic E-state index is 12.6. The second-order valence-electron chi connectivity index (χ2n) is 8.41. The van der Waals surface area contributed by atoms with Crippen molar-refractivity contribution in [2.45, 2.75) is 78.6 Å². The highest BCUT2D eigenvalue weighted by molar-refractivity contribution is 5.73. The van der Waals surface area contributed by atoms with Crippen molar-refractivity contribution in [1.82, 2.24) is 14.5 Å². The lowest BCUT2D eigenvalue weighted by molar-refractivity contribution is 0.0207. The van der Waals surface area contributed by atoms with Gasteiger partial charge in [-0.25, -0.2) is 19.1 Å². The minimum Gasteiger partial charge on any atom is -0.444 e. The third-order valence-electron chi connectivity index (χ3n) is 3.72. The molecule has 1 fully saturated rings. The van der Waals surface area contributed by atoms with Gasteiger partial charge in [0.1, 0.15) is 17.0 Å². The smallest absolute Gasteiger partial charge is 0.420 e. The summed E-state index contributed by atoms with van der Waals surface area (Å²) in [7, 11) is 0. The van der Waals surface area contributed by atoms with Gasteiger partial charge in [-0.2, -0.15) is 0 Å². The highest BCUT2D eigenvalue weighted by Crippen LogP contribution is 2.33. The largest absolute Gasteiger partial charge is 0.444 e. The first-order valence-corrected chi connectivity index (χ1v) is 8.66. The second kappa shape index (κ2) is 6.69. The first-order chi connectivity index (χ1) is 11.4. The van der Waals surface area contributed by atoms with Crippen molar-refractivity contribution in [3.05, 3.63) is 17.7 Å². The molecule has 0 spiro atoms. The fraction of sp³-hybridized carbons (Fsp3) is 0.722. The van der Waals surface area contributed by atoms with Crippen LogP contribution in [0.5, 0.6) is 0 Å². The Morgan fingerprint density at radius 1 is 1.08 bits per heavy atom. The van der Waals surface area contributed by atoms with Gasteiger partial charge in [-0.05, 0) is 61.3 Å². The number of aryl methyl sites for hydroxylation is 1. The van der Waals surface area contributed by atoms with Gasteiger partial charge in [-0.15, -0.1) is 0 Å². The van der Waals surface area contributed by atoms with E-state index in [1.807, 2.05) is 41.5 Å². The SMILES string of the molecule is Cc1cnc([C@@H]2CCCN2C(=O)OC(C)(C)C)n1C(=O)OC(C)(C)C. The molecule has 1 atom stereocenters. The van der Waals surface area contributed by atoms with Crippen LogP contribution < -0.4 is 0 Å². The van der Waals surface area contributed by atoms with E-state index in [1.54, 1.807) is 18.0 Å². The average Bonchev–Trinajstić information content (AvgIpc) is 3.00. The topological polar surface area (TPSA) is 73.7 Å². The van der Waals surface area contributed by atoms with Crippen LogP contribution in [0.25, 0.3) is 0 Å². The van der Waals surface area contributed by atoms with Crippen molar-refractivity contribution in [3.8, 4) is 0 Å². The van der Waals surface area contributed by atoms with Gasteiger partial charge >= 0.3 is 12.2 Å². The number of carbonyl (C=O) groups excluding carboxylic acids is 2. The normalized spacial score (nSPS) is 18.4. The fourth-order valence-electron chi connectivity index (χ4n) is 2.81. The second-order valence-corrected chi connectivity index (χ2v) is 8.41. The summed E-state index contributed by atoms with van der Waals surface area (Å²) in [5.41, 5.74) is -0.493. The van der Waals surface area contributed by atoms with Gasteiger partial charge in [-0.1, -0.05) is 0 Å². The van der Waals surface area contributed by atoms with Gasteiger partial charge in [0, 0.05) is 18.4 Å². The molecule has 0 unspecified atom stereocenters. The van der Waals surface area contributed by atoms with Gasteiger partial charge in [0.15, 0.2) is 0 Å². The Labute approximate surface area is 149 Å². The van der Waals surface area contributed by atoms with Crippen molar-refractivity contribution < 1.29 is 19.1 Å². The van der Waals surface area contributed by atoms with E-state index in [2.05, 4.69) is 4.98 Å². The lowest BCUT2D eigenvalue weighted by Gasteiger charge is -2.29. The number of aromatic nitrogens is 2. The van der Waals surface area contributed by atoms with Crippen LogP contribution in [0.15, 0.2) is 6.20 Å². The quantitative estimate of drug-likeness (QED) is 0.763. The van der Waals surface area contributed by atoms with Crippen molar-refractivity contribution in [1.29, 1.82) is 0 Å². The summed E-state index contributed by atoms with van der Waals surface area (Å²) in [4.78, 5) is 31.1. The summed E-state index contributed by atoms with van der Waals surface area (Å²) in [5.74, 6) is 0.523. The fourth-order valence-corrected chi connectivity index (χ4v) is 2.81. The van der Waals surface area contributed by atoms with E-state index in [4.69, 9.17) is 9.47 Å². The van der Waals surface area contributed by atoms with E-state index in [0.29, 0.717) is 18.1 Å². The summed E-state index contributed by atoms with van der Waals surface area (Å²) in [6.45, 7) is 13.3. The van der Waals surface area contributed by atoms with Crippen molar-refractivity contribution in [2.24, 2.45) is 0 Å². The molecule has 0 bridgehead atoms. The van der Waals surface area contributed by atoms with Gasteiger partial charge < -0.3 is 9.47 Å². The number of ether oxygens (including phenoxy) is 2. The summed E-state index contributed by atoms with van der Waals surface area (Å²) in [6.07, 6.45) is 2.34. The first kappa shape index (κ1) is 19.3. The zero-order chi connectivity index (χ0) is 19.0. The number of nitrogens with zero attached hydrogens (tertiary/aromatic N) is 3. The Balaban J connectivity index is 2.29. The molecular formula is C18H29N3O4. The van der Waals surface area contributed by atoms with Crippen LogP contribution in [0.1, 0.15) is 71.9 Å². The minimum atomic E-state index is -0.606. The Morgan fingerprint density at radius 3 is 2.20 bits per heavy atom. The number of carbonyl (C=O) groups is 2. The standard InChI is InChI=1S/C18H29N3O4/c1-12-11-19-14(21(12)16(23)25-18(5,6)7)13-9-8-10-20(13)15(22)24-17(2,3)4/h11,13H,8-10H2,1-7H3/t13-/m0/s1. The predicted molar refractivity (Wildman–Crippen MR) is 93.5 cm³/mol. The van der Waals surface area contributed by atoms with Crippen LogP contribution >= 0.6 is 0 Å². The molecule has 0 saturated carbocycles. The average molecular weight is 351 g/mol. The van der Waals surface area contributed by atoms with E-state index in [0.717, 1.165) is 12.8 Å². The predicted octanol–water partition coefficient (Wildman–Crippen LogP) is 4.05. The van der Waals surface area contributed by atoms with Crippen LogP contribution in [0.2, 0.25) is 0 Å². The molecule has 140 valence electrons. The van der Waals surface area contributed by atoms with Gasteiger partial charge in [0.25, 0.3) is 0 Å². The Bertz CT molecular complexity index is 652. The first-order valence-electron chi connectivity index (χ1n) is 8.66.